The van der Waals surface area contributed by atoms with Crippen LogP contribution in [0.3, 0.4) is 0 Å². The Labute approximate surface area is 160 Å². The van der Waals surface area contributed by atoms with E-state index in [9.17, 15) is 4.79 Å². The number of carbonyl (C=O) groups is 1. The van der Waals surface area contributed by atoms with E-state index in [0.29, 0.717) is 6.54 Å². The zero-order valence-electron chi connectivity index (χ0n) is 15.8. The van der Waals surface area contributed by atoms with Gasteiger partial charge in [-0.3, -0.25) is 9.69 Å². The summed E-state index contributed by atoms with van der Waals surface area (Å²) in [6, 6.07) is 16.3. The minimum Gasteiger partial charge on any atom is -0.496 e. The molecule has 142 valence electrons. The number of carbonyl (C=O) groups excluding carboxylic acids is 1. The second kappa shape index (κ2) is 7.71. The molecule has 27 heavy (non-hydrogen) atoms. The van der Waals surface area contributed by atoms with Gasteiger partial charge in [0.2, 0.25) is 5.91 Å². The maximum atomic E-state index is 13.6. The normalized spacial score (nSPS) is 22.3. The van der Waals surface area contributed by atoms with E-state index in [1.165, 1.54) is 11.1 Å². The van der Waals surface area contributed by atoms with Crippen LogP contribution in [0.1, 0.15) is 23.1 Å². The van der Waals surface area contributed by atoms with E-state index in [1.54, 1.807) is 7.11 Å². The van der Waals surface area contributed by atoms with E-state index in [4.69, 9.17) is 4.74 Å². The van der Waals surface area contributed by atoms with E-state index < -0.39 is 5.54 Å². The highest BCUT2D eigenvalue weighted by atomic mass is 16.5. The molecule has 1 fully saturated rings. The van der Waals surface area contributed by atoms with E-state index in [0.717, 1.165) is 50.3 Å². The number of aryl methyl sites for hydroxylation is 1. The molecule has 1 aliphatic heterocycles. The van der Waals surface area contributed by atoms with Gasteiger partial charge in [-0.05, 0) is 30.0 Å². The maximum Gasteiger partial charge on any atom is 0.245 e. The molecule has 5 nitrogen and oxygen atoms in total. The van der Waals surface area contributed by atoms with Crippen molar-refractivity contribution < 1.29 is 9.53 Å². The Hall–Kier alpha value is -2.37. The van der Waals surface area contributed by atoms with Crippen LogP contribution in [0.15, 0.2) is 48.5 Å². The minimum absolute atomic E-state index is 0.0975. The van der Waals surface area contributed by atoms with Crippen molar-refractivity contribution in [2.24, 2.45) is 0 Å². The number of rotatable bonds is 5. The van der Waals surface area contributed by atoms with Gasteiger partial charge in [0.05, 0.1) is 7.11 Å². The fourth-order valence-electron chi connectivity index (χ4n) is 4.52. The molecule has 0 aromatic heterocycles. The largest absolute Gasteiger partial charge is 0.496 e. The summed E-state index contributed by atoms with van der Waals surface area (Å²) in [6.07, 6.45) is 1.78. The van der Waals surface area contributed by atoms with Crippen LogP contribution >= 0.6 is 0 Å². The summed E-state index contributed by atoms with van der Waals surface area (Å²) in [4.78, 5) is 16.0. The lowest BCUT2D eigenvalue weighted by Crippen LogP contribution is -2.60. The molecule has 4 rings (SSSR count). The van der Waals surface area contributed by atoms with Crippen LogP contribution < -0.4 is 15.4 Å². The lowest BCUT2D eigenvalue weighted by atomic mass is 9.87. The summed E-state index contributed by atoms with van der Waals surface area (Å²) >= 11 is 0. The number of methoxy groups -OCH3 is 1. The molecule has 1 amide bonds. The number of fused-ring (bicyclic) bond motifs is 1. The Morgan fingerprint density at radius 1 is 1.15 bits per heavy atom. The number of amides is 1. The van der Waals surface area contributed by atoms with E-state index in [-0.39, 0.29) is 5.91 Å². The predicted molar refractivity (Wildman–Crippen MR) is 106 cm³/mol. The summed E-state index contributed by atoms with van der Waals surface area (Å²) < 4.78 is 5.43. The standard InChI is InChI=1S/C22H27N3O2/c1-27-20-9-5-3-7-18(20)16-24-21(26)22(25-14-12-23-13-15-25)11-10-17-6-2-4-8-19(17)22/h2-9,23H,10-16H2,1H3,(H,24,26). The highest BCUT2D eigenvalue weighted by molar-refractivity contribution is 5.89. The fourth-order valence-corrected chi connectivity index (χ4v) is 4.52. The Bertz CT molecular complexity index is 817. The Kier molecular flexibility index (Phi) is 5.14. The molecular weight excluding hydrogens is 338 g/mol. The molecule has 5 heteroatoms. The molecule has 2 aliphatic rings. The van der Waals surface area contributed by atoms with Gasteiger partial charge in [0.1, 0.15) is 11.3 Å². The quantitative estimate of drug-likeness (QED) is 0.852. The van der Waals surface area contributed by atoms with Crippen LogP contribution in [0, 0.1) is 0 Å². The Morgan fingerprint density at radius 2 is 1.89 bits per heavy atom. The molecular formula is C22H27N3O2. The number of hydrogen-bond donors (Lipinski definition) is 2. The van der Waals surface area contributed by atoms with Crippen molar-refractivity contribution in [1.29, 1.82) is 0 Å². The third kappa shape index (κ3) is 3.22. The number of nitrogens with one attached hydrogen (secondary N) is 2. The summed E-state index contributed by atoms with van der Waals surface area (Å²) in [5.41, 5.74) is 2.89. The van der Waals surface area contributed by atoms with Crippen molar-refractivity contribution in [1.82, 2.24) is 15.5 Å². The van der Waals surface area contributed by atoms with E-state index in [1.807, 2.05) is 24.3 Å². The van der Waals surface area contributed by atoms with Crippen LogP contribution in [-0.2, 0) is 23.3 Å². The van der Waals surface area contributed by atoms with Crippen molar-refractivity contribution in [3.63, 3.8) is 0 Å². The minimum atomic E-state index is -0.569. The molecule has 1 unspecified atom stereocenters. The average Bonchev–Trinajstić information content (AvgIpc) is 3.13. The van der Waals surface area contributed by atoms with Crippen LogP contribution in [0.5, 0.6) is 5.75 Å². The van der Waals surface area contributed by atoms with Crippen molar-refractivity contribution in [2.45, 2.75) is 24.9 Å². The third-order valence-corrected chi connectivity index (χ3v) is 5.88. The van der Waals surface area contributed by atoms with Gasteiger partial charge in [-0.25, -0.2) is 0 Å². The predicted octanol–water partition coefficient (Wildman–Crippen LogP) is 2.06. The number of para-hydroxylation sites is 1. The van der Waals surface area contributed by atoms with E-state index in [2.05, 4.69) is 39.8 Å². The number of hydrogen-bond acceptors (Lipinski definition) is 4. The molecule has 1 saturated heterocycles. The third-order valence-electron chi connectivity index (χ3n) is 5.88. The van der Waals surface area contributed by atoms with Gasteiger partial charge in [0.15, 0.2) is 0 Å². The van der Waals surface area contributed by atoms with Crippen molar-refractivity contribution >= 4 is 5.91 Å². The topological polar surface area (TPSA) is 53.6 Å². The Morgan fingerprint density at radius 3 is 2.70 bits per heavy atom. The van der Waals surface area contributed by atoms with Gasteiger partial charge in [-0.2, -0.15) is 0 Å². The van der Waals surface area contributed by atoms with Crippen LogP contribution in [-0.4, -0.2) is 44.1 Å². The highest BCUT2D eigenvalue weighted by Gasteiger charge is 2.49. The monoisotopic (exact) mass is 365 g/mol. The van der Waals surface area contributed by atoms with Gasteiger partial charge in [0.25, 0.3) is 0 Å². The molecule has 2 aromatic rings. The molecule has 2 aromatic carbocycles. The van der Waals surface area contributed by atoms with Crippen molar-refractivity contribution in [3.05, 3.63) is 65.2 Å². The van der Waals surface area contributed by atoms with Crippen molar-refractivity contribution in [3.8, 4) is 5.75 Å². The molecule has 0 saturated carbocycles. The lowest BCUT2D eigenvalue weighted by Gasteiger charge is -2.43. The first-order valence-corrected chi connectivity index (χ1v) is 9.70. The SMILES string of the molecule is COc1ccccc1CNC(=O)C1(N2CCNCC2)CCc2ccccc21. The van der Waals surface area contributed by atoms with Crippen LogP contribution in [0.25, 0.3) is 0 Å². The second-order valence-electron chi connectivity index (χ2n) is 7.25. The molecule has 0 radical (unpaired) electrons. The summed E-state index contributed by atoms with van der Waals surface area (Å²) in [7, 11) is 1.66. The molecule has 2 N–H and O–H groups in total. The summed E-state index contributed by atoms with van der Waals surface area (Å²) in [6.45, 7) is 4.08. The fraction of sp³-hybridized carbons (Fsp3) is 0.409. The van der Waals surface area contributed by atoms with Gasteiger partial charge in [-0.15, -0.1) is 0 Å². The first kappa shape index (κ1) is 18.0. The van der Waals surface area contributed by atoms with Crippen LogP contribution in [0.4, 0.5) is 0 Å². The molecule has 0 spiro atoms. The van der Waals surface area contributed by atoms with Gasteiger partial charge in [0, 0.05) is 38.3 Å². The summed E-state index contributed by atoms with van der Waals surface area (Å²) in [5, 5.41) is 6.61. The van der Waals surface area contributed by atoms with Crippen molar-refractivity contribution in [2.75, 3.05) is 33.3 Å². The smallest absolute Gasteiger partial charge is 0.245 e. The molecule has 1 aliphatic carbocycles. The summed E-state index contributed by atoms with van der Waals surface area (Å²) in [5.74, 6) is 0.904. The zero-order chi connectivity index (χ0) is 18.7. The second-order valence-corrected chi connectivity index (χ2v) is 7.25. The van der Waals surface area contributed by atoms with Gasteiger partial charge >= 0.3 is 0 Å². The maximum absolute atomic E-state index is 13.6. The number of nitrogens with zero attached hydrogens (tertiary/aromatic N) is 1. The zero-order valence-corrected chi connectivity index (χ0v) is 15.8. The lowest BCUT2D eigenvalue weighted by molar-refractivity contribution is -0.135. The van der Waals surface area contributed by atoms with Gasteiger partial charge < -0.3 is 15.4 Å². The number of piperazine rings is 1. The molecule has 1 atom stereocenters. The average molecular weight is 365 g/mol. The first-order valence-electron chi connectivity index (χ1n) is 9.70. The molecule has 1 heterocycles. The number of benzene rings is 2. The first-order chi connectivity index (χ1) is 13.3. The Balaban J connectivity index is 1.62. The van der Waals surface area contributed by atoms with E-state index >= 15 is 0 Å². The number of ether oxygens (including phenoxy) is 1. The van der Waals surface area contributed by atoms with Crippen LogP contribution in [0.2, 0.25) is 0 Å². The molecule has 0 bridgehead atoms. The van der Waals surface area contributed by atoms with Gasteiger partial charge in [-0.1, -0.05) is 42.5 Å². The highest BCUT2D eigenvalue weighted by Crippen LogP contribution is 2.42.